The Kier molecular flexibility index (Phi) is 6.11. The van der Waals surface area contributed by atoms with Crippen LogP contribution >= 0.6 is 0 Å². The highest BCUT2D eigenvalue weighted by Gasteiger charge is 2.04. The summed E-state index contributed by atoms with van der Waals surface area (Å²) in [6.45, 7) is 0.196. The molecule has 0 spiro atoms. The lowest BCUT2D eigenvalue weighted by Gasteiger charge is -2.09. The maximum Gasteiger partial charge on any atom is 0.162 e. The van der Waals surface area contributed by atoms with E-state index < -0.39 is 0 Å². The van der Waals surface area contributed by atoms with Gasteiger partial charge in [-0.25, -0.2) is 0 Å². The van der Waals surface area contributed by atoms with Crippen molar-refractivity contribution in [3.63, 3.8) is 0 Å². The van der Waals surface area contributed by atoms with Crippen LogP contribution in [0.15, 0.2) is 77.8 Å². The molecule has 4 nitrogen and oxygen atoms in total. The Morgan fingerprint density at radius 1 is 0.926 bits per heavy atom. The Morgan fingerprint density at radius 2 is 1.67 bits per heavy atom. The van der Waals surface area contributed by atoms with Crippen molar-refractivity contribution in [2.75, 3.05) is 13.7 Å². The monoisotopic (exact) mass is 357 g/mol. The van der Waals surface area contributed by atoms with Crippen LogP contribution in [0.25, 0.3) is 0 Å². The van der Waals surface area contributed by atoms with Gasteiger partial charge in [-0.1, -0.05) is 24.1 Å². The van der Waals surface area contributed by atoms with Crippen LogP contribution in [-0.2, 0) is 0 Å². The molecule has 0 amide bonds. The molecule has 0 aliphatic rings. The second-order valence-corrected chi connectivity index (χ2v) is 5.57. The quantitative estimate of drug-likeness (QED) is 0.428. The maximum absolute atomic E-state index is 5.78. The molecule has 4 heteroatoms. The highest BCUT2D eigenvalue weighted by atomic mass is 16.5. The molecule has 3 rings (SSSR count). The summed E-state index contributed by atoms with van der Waals surface area (Å²) in [5.41, 5.74) is 1.71. The third-order valence-corrected chi connectivity index (χ3v) is 3.68. The Bertz CT molecular complexity index is 942. The second-order valence-electron chi connectivity index (χ2n) is 5.57. The van der Waals surface area contributed by atoms with Crippen molar-refractivity contribution in [3.05, 3.63) is 78.4 Å². The van der Waals surface area contributed by atoms with Gasteiger partial charge < -0.3 is 14.2 Å². The number of para-hydroxylation sites is 1. The van der Waals surface area contributed by atoms with Crippen LogP contribution in [0.5, 0.6) is 23.0 Å². The summed E-state index contributed by atoms with van der Waals surface area (Å²) in [5, 5.41) is 0. The number of ether oxygens (including phenoxy) is 3. The van der Waals surface area contributed by atoms with E-state index in [-0.39, 0.29) is 6.61 Å². The Hall–Kier alpha value is -3.71. The summed E-state index contributed by atoms with van der Waals surface area (Å²) in [6.07, 6.45) is 6.98. The number of aliphatic imine (C=N–C) groups is 1. The molecular weight excluding hydrogens is 338 g/mol. The van der Waals surface area contributed by atoms with E-state index in [0.29, 0.717) is 11.5 Å². The van der Waals surface area contributed by atoms with Gasteiger partial charge in [0.05, 0.1) is 12.8 Å². The average molecular weight is 357 g/mol. The van der Waals surface area contributed by atoms with Gasteiger partial charge in [0.15, 0.2) is 11.5 Å². The number of rotatable bonds is 7. The van der Waals surface area contributed by atoms with E-state index >= 15 is 0 Å². The van der Waals surface area contributed by atoms with Gasteiger partial charge in [-0.2, -0.15) is 0 Å². The van der Waals surface area contributed by atoms with Crippen molar-refractivity contribution in [3.8, 4) is 35.3 Å². The van der Waals surface area contributed by atoms with Gasteiger partial charge in [0.2, 0.25) is 0 Å². The predicted molar refractivity (Wildman–Crippen MR) is 108 cm³/mol. The van der Waals surface area contributed by atoms with Gasteiger partial charge in [-0.05, 0) is 60.2 Å². The minimum atomic E-state index is 0.196. The van der Waals surface area contributed by atoms with E-state index in [1.165, 1.54) is 0 Å². The van der Waals surface area contributed by atoms with Crippen molar-refractivity contribution in [2.45, 2.75) is 0 Å². The highest BCUT2D eigenvalue weighted by molar-refractivity contribution is 5.83. The molecule has 0 aromatic heterocycles. The lowest BCUT2D eigenvalue weighted by atomic mass is 10.2. The molecular formula is C23H19NO3. The molecule has 3 aromatic rings. The largest absolute Gasteiger partial charge is 0.493 e. The molecule has 0 unspecified atom stereocenters. The van der Waals surface area contributed by atoms with Crippen LogP contribution in [0.3, 0.4) is 0 Å². The lowest BCUT2D eigenvalue weighted by Crippen LogP contribution is -1.97. The summed E-state index contributed by atoms with van der Waals surface area (Å²) in [6, 6.07) is 22.8. The smallest absolute Gasteiger partial charge is 0.162 e. The summed E-state index contributed by atoms with van der Waals surface area (Å²) >= 11 is 0. The van der Waals surface area contributed by atoms with Crippen LogP contribution in [0, 0.1) is 12.3 Å². The first-order valence-electron chi connectivity index (χ1n) is 8.40. The van der Waals surface area contributed by atoms with Gasteiger partial charge in [0.25, 0.3) is 0 Å². The SMILES string of the molecule is C#CCOc1ccc(C=Nc2ccc(Oc3ccccc3)cc2)cc1OC. The van der Waals surface area contributed by atoms with E-state index in [9.17, 15) is 0 Å². The first-order chi connectivity index (χ1) is 13.3. The van der Waals surface area contributed by atoms with Gasteiger partial charge in [0, 0.05) is 6.21 Å². The van der Waals surface area contributed by atoms with E-state index in [0.717, 1.165) is 22.7 Å². The van der Waals surface area contributed by atoms with Crippen molar-refractivity contribution < 1.29 is 14.2 Å². The molecule has 0 aliphatic heterocycles. The van der Waals surface area contributed by atoms with Crippen LogP contribution in [0.2, 0.25) is 0 Å². The van der Waals surface area contributed by atoms with E-state index in [4.69, 9.17) is 20.6 Å². The molecule has 3 aromatic carbocycles. The third-order valence-electron chi connectivity index (χ3n) is 3.68. The Morgan fingerprint density at radius 3 is 2.37 bits per heavy atom. The number of nitrogens with zero attached hydrogens (tertiary/aromatic N) is 1. The number of hydrogen-bond acceptors (Lipinski definition) is 4. The zero-order chi connectivity index (χ0) is 18.9. The molecule has 0 saturated carbocycles. The molecule has 0 saturated heterocycles. The predicted octanol–water partition coefficient (Wildman–Crippen LogP) is 5.25. The van der Waals surface area contributed by atoms with Gasteiger partial charge in [-0.3, -0.25) is 4.99 Å². The summed E-state index contributed by atoms with van der Waals surface area (Å²) in [5.74, 6) is 5.21. The molecule has 0 aliphatic carbocycles. The fourth-order valence-electron chi connectivity index (χ4n) is 2.38. The molecule has 0 radical (unpaired) electrons. The fourth-order valence-corrected chi connectivity index (χ4v) is 2.38. The van der Waals surface area contributed by atoms with Crippen molar-refractivity contribution in [1.82, 2.24) is 0 Å². The van der Waals surface area contributed by atoms with E-state index in [2.05, 4.69) is 10.9 Å². The number of benzene rings is 3. The molecule has 0 fully saturated rings. The molecule has 0 heterocycles. The minimum Gasteiger partial charge on any atom is -0.493 e. The highest BCUT2D eigenvalue weighted by Crippen LogP contribution is 2.28. The van der Waals surface area contributed by atoms with Crippen LogP contribution in [0.1, 0.15) is 5.56 Å². The van der Waals surface area contributed by atoms with E-state index in [1.54, 1.807) is 13.3 Å². The Balaban J connectivity index is 1.68. The first-order valence-corrected chi connectivity index (χ1v) is 8.40. The maximum atomic E-state index is 5.78. The van der Waals surface area contributed by atoms with Gasteiger partial charge >= 0.3 is 0 Å². The van der Waals surface area contributed by atoms with Crippen molar-refractivity contribution in [1.29, 1.82) is 0 Å². The van der Waals surface area contributed by atoms with Gasteiger partial charge in [0.1, 0.15) is 18.1 Å². The molecule has 0 atom stereocenters. The van der Waals surface area contributed by atoms with Crippen LogP contribution in [-0.4, -0.2) is 19.9 Å². The Labute approximate surface area is 159 Å². The van der Waals surface area contributed by atoms with Crippen LogP contribution in [0.4, 0.5) is 5.69 Å². The van der Waals surface area contributed by atoms with Crippen LogP contribution < -0.4 is 14.2 Å². The second kappa shape index (κ2) is 9.12. The summed E-state index contributed by atoms with van der Waals surface area (Å²) in [7, 11) is 1.59. The molecule has 0 bridgehead atoms. The molecule has 27 heavy (non-hydrogen) atoms. The normalized spacial score (nSPS) is 10.4. The number of hydrogen-bond donors (Lipinski definition) is 0. The first kappa shape index (κ1) is 18.1. The minimum absolute atomic E-state index is 0.196. The topological polar surface area (TPSA) is 40.0 Å². The molecule has 134 valence electrons. The van der Waals surface area contributed by atoms with Crippen molar-refractivity contribution >= 4 is 11.9 Å². The molecule has 0 N–H and O–H groups in total. The summed E-state index contributed by atoms with van der Waals surface area (Å²) in [4.78, 5) is 4.48. The zero-order valence-corrected chi connectivity index (χ0v) is 15.0. The zero-order valence-electron chi connectivity index (χ0n) is 15.0. The van der Waals surface area contributed by atoms with E-state index in [1.807, 2.05) is 72.8 Å². The standard InChI is InChI=1S/C23H19NO3/c1-3-15-26-22-14-9-18(16-23(22)25-2)17-24-19-10-12-21(13-11-19)27-20-7-5-4-6-8-20/h1,4-14,16-17H,15H2,2H3. The number of terminal acetylenes is 1. The summed E-state index contributed by atoms with van der Waals surface area (Å²) < 4.78 is 16.5. The fraction of sp³-hybridized carbons (Fsp3) is 0.0870. The third kappa shape index (κ3) is 5.13. The van der Waals surface area contributed by atoms with Gasteiger partial charge in [-0.15, -0.1) is 6.42 Å². The lowest BCUT2D eigenvalue weighted by molar-refractivity contribution is 0.331. The average Bonchev–Trinajstić information content (AvgIpc) is 2.72. The number of methoxy groups -OCH3 is 1. The van der Waals surface area contributed by atoms with Crippen molar-refractivity contribution in [2.24, 2.45) is 4.99 Å².